The Labute approximate surface area is 162 Å². The van der Waals surface area contributed by atoms with Gasteiger partial charge < -0.3 is 18.2 Å². The normalized spacial score (nSPS) is 21.8. The van der Waals surface area contributed by atoms with Crippen LogP contribution in [-0.2, 0) is 13.3 Å². The molecule has 2 aliphatic heterocycles. The summed E-state index contributed by atoms with van der Waals surface area (Å²) in [6.45, 7) is 17.5. The molecule has 6 nitrogen and oxygen atoms in total. The topological polar surface area (TPSA) is 37.4 Å². The molecule has 0 atom stereocenters. The SMILES string of the molecule is CCO[Si](CN1CCN(CCN2CCCCCC2)CC1)(OCC)OCC. The van der Waals surface area contributed by atoms with Crippen LogP contribution in [-0.4, -0.2) is 102 Å². The van der Waals surface area contributed by atoms with Gasteiger partial charge in [-0.2, -0.15) is 0 Å². The molecule has 2 aliphatic rings. The van der Waals surface area contributed by atoms with Crippen molar-refractivity contribution in [3.05, 3.63) is 0 Å². The van der Waals surface area contributed by atoms with E-state index in [-0.39, 0.29) is 0 Å². The third kappa shape index (κ3) is 7.54. The zero-order valence-corrected chi connectivity index (χ0v) is 18.4. The molecule has 0 amide bonds. The summed E-state index contributed by atoms with van der Waals surface area (Å²) in [5.74, 6) is 0. The molecule has 0 radical (unpaired) electrons. The molecular formula is C19H41N3O3Si. The molecule has 0 N–H and O–H groups in total. The fourth-order valence-corrected chi connectivity index (χ4v) is 6.72. The second-order valence-electron chi connectivity index (χ2n) is 7.36. The lowest BCUT2D eigenvalue weighted by atomic mass is 10.2. The summed E-state index contributed by atoms with van der Waals surface area (Å²) in [7, 11) is -2.56. The van der Waals surface area contributed by atoms with Crippen molar-refractivity contribution in [3.63, 3.8) is 0 Å². The van der Waals surface area contributed by atoms with Crippen LogP contribution in [0.25, 0.3) is 0 Å². The number of piperazine rings is 1. The van der Waals surface area contributed by atoms with E-state index in [1.54, 1.807) is 0 Å². The van der Waals surface area contributed by atoms with Gasteiger partial charge in [-0.15, -0.1) is 0 Å². The number of hydrogen-bond donors (Lipinski definition) is 0. The summed E-state index contributed by atoms with van der Waals surface area (Å²) in [6.07, 6.45) is 6.42. The lowest BCUT2D eigenvalue weighted by molar-refractivity contribution is 0.0463. The Balaban J connectivity index is 1.73. The van der Waals surface area contributed by atoms with Crippen molar-refractivity contribution in [2.24, 2.45) is 0 Å². The zero-order chi connectivity index (χ0) is 18.7. The van der Waals surface area contributed by atoms with Crippen molar-refractivity contribution in [3.8, 4) is 0 Å². The largest absolute Gasteiger partial charge is 0.515 e. The average Bonchev–Trinajstić information content (AvgIpc) is 2.91. The van der Waals surface area contributed by atoms with E-state index >= 15 is 0 Å². The van der Waals surface area contributed by atoms with Crippen LogP contribution in [0.1, 0.15) is 46.5 Å². The van der Waals surface area contributed by atoms with Gasteiger partial charge >= 0.3 is 8.80 Å². The van der Waals surface area contributed by atoms with Gasteiger partial charge in [0.15, 0.2) is 0 Å². The minimum absolute atomic E-state index is 0.655. The van der Waals surface area contributed by atoms with Crippen LogP contribution in [0, 0.1) is 0 Å². The first kappa shape index (κ1) is 22.3. The first-order valence-electron chi connectivity index (χ1n) is 10.8. The highest BCUT2D eigenvalue weighted by molar-refractivity contribution is 6.60. The van der Waals surface area contributed by atoms with Crippen LogP contribution in [0.4, 0.5) is 0 Å². The predicted molar refractivity (Wildman–Crippen MR) is 108 cm³/mol. The number of rotatable bonds is 11. The Bertz CT molecular complexity index is 343. The van der Waals surface area contributed by atoms with Gasteiger partial charge in [0.25, 0.3) is 0 Å². The molecule has 0 unspecified atom stereocenters. The Kier molecular flexibility index (Phi) is 10.7. The van der Waals surface area contributed by atoms with E-state index in [4.69, 9.17) is 13.3 Å². The molecule has 2 rings (SSSR count). The van der Waals surface area contributed by atoms with Gasteiger partial charge in [0.05, 0.1) is 6.17 Å². The Morgan fingerprint density at radius 1 is 0.577 bits per heavy atom. The molecule has 2 saturated heterocycles. The van der Waals surface area contributed by atoms with Gasteiger partial charge in [0, 0.05) is 59.1 Å². The highest BCUT2D eigenvalue weighted by Crippen LogP contribution is 2.15. The number of likely N-dealkylation sites (tertiary alicyclic amines) is 1. The van der Waals surface area contributed by atoms with Crippen LogP contribution < -0.4 is 0 Å². The van der Waals surface area contributed by atoms with Gasteiger partial charge in [-0.1, -0.05) is 12.8 Å². The molecule has 0 aromatic heterocycles. The zero-order valence-electron chi connectivity index (χ0n) is 17.4. The van der Waals surface area contributed by atoms with Crippen LogP contribution in [0.5, 0.6) is 0 Å². The number of hydrogen-bond acceptors (Lipinski definition) is 6. The maximum Gasteiger partial charge on any atom is 0.515 e. The van der Waals surface area contributed by atoms with Crippen LogP contribution in [0.3, 0.4) is 0 Å². The van der Waals surface area contributed by atoms with Crippen molar-refractivity contribution in [2.75, 3.05) is 78.3 Å². The minimum Gasteiger partial charge on any atom is -0.373 e. The lowest BCUT2D eigenvalue weighted by Crippen LogP contribution is -2.59. The molecule has 0 aromatic carbocycles. The van der Waals surface area contributed by atoms with E-state index in [1.807, 2.05) is 20.8 Å². The van der Waals surface area contributed by atoms with Gasteiger partial charge in [-0.3, -0.25) is 9.80 Å². The van der Waals surface area contributed by atoms with Crippen LogP contribution >= 0.6 is 0 Å². The molecule has 0 spiro atoms. The molecule has 154 valence electrons. The minimum atomic E-state index is -2.56. The Morgan fingerprint density at radius 2 is 1.00 bits per heavy atom. The molecular weight excluding hydrogens is 346 g/mol. The maximum atomic E-state index is 6.01. The quantitative estimate of drug-likeness (QED) is 0.505. The molecule has 2 fully saturated rings. The van der Waals surface area contributed by atoms with Gasteiger partial charge in [-0.05, 0) is 46.7 Å². The first-order chi connectivity index (χ1) is 12.7. The smallest absolute Gasteiger partial charge is 0.373 e. The molecule has 0 aromatic rings. The second kappa shape index (κ2) is 12.4. The van der Waals surface area contributed by atoms with E-state index in [0.717, 1.165) is 32.3 Å². The molecule has 7 heteroatoms. The third-order valence-electron chi connectivity index (χ3n) is 5.41. The fourth-order valence-electron chi connectivity index (χ4n) is 4.01. The average molecular weight is 388 g/mol. The summed E-state index contributed by atoms with van der Waals surface area (Å²) in [6, 6.07) is 0. The Morgan fingerprint density at radius 3 is 1.46 bits per heavy atom. The van der Waals surface area contributed by atoms with Gasteiger partial charge in [0.1, 0.15) is 0 Å². The second-order valence-corrected chi connectivity index (χ2v) is 9.90. The standard InChI is InChI=1S/C19H41N3O3Si/c1-4-23-26(24-5-2,25-6-3)19-22-17-15-21(16-18-22)14-13-20-11-9-7-8-10-12-20/h4-19H2,1-3H3. The molecule has 0 saturated carbocycles. The predicted octanol–water partition coefficient (Wildman–Crippen LogP) is 2.07. The molecule has 0 bridgehead atoms. The monoisotopic (exact) mass is 387 g/mol. The van der Waals surface area contributed by atoms with E-state index in [9.17, 15) is 0 Å². The van der Waals surface area contributed by atoms with Crippen LogP contribution in [0.15, 0.2) is 0 Å². The van der Waals surface area contributed by atoms with Crippen molar-refractivity contribution in [1.29, 1.82) is 0 Å². The van der Waals surface area contributed by atoms with E-state index in [1.165, 1.54) is 51.9 Å². The van der Waals surface area contributed by atoms with Gasteiger partial charge in [-0.25, -0.2) is 0 Å². The summed E-state index contributed by atoms with van der Waals surface area (Å²) in [5.41, 5.74) is 0. The first-order valence-corrected chi connectivity index (χ1v) is 12.7. The summed E-state index contributed by atoms with van der Waals surface area (Å²) in [5, 5.41) is 0. The van der Waals surface area contributed by atoms with E-state index < -0.39 is 8.80 Å². The van der Waals surface area contributed by atoms with E-state index in [2.05, 4.69) is 14.7 Å². The van der Waals surface area contributed by atoms with Crippen molar-refractivity contribution >= 4 is 8.80 Å². The summed E-state index contributed by atoms with van der Waals surface area (Å²) < 4.78 is 18.0. The highest BCUT2D eigenvalue weighted by atomic mass is 28.4. The van der Waals surface area contributed by atoms with Crippen molar-refractivity contribution in [2.45, 2.75) is 46.5 Å². The fraction of sp³-hybridized carbons (Fsp3) is 1.00. The molecule has 2 heterocycles. The van der Waals surface area contributed by atoms with Crippen molar-refractivity contribution in [1.82, 2.24) is 14.7 Å². The van der Waals surface area contributed by atoms with Crippen molar-refractivity contribution < 1.29 is 13.3 Å². The molecule has 26 heavy (non-hydrogen) atoms. The summed E-state index contributed by atoms with van der Waals surface area (Å²) in [4.78, 5) is 7.76. The summed E-state index contributed by atoms with van der Waals surface area (Å²) >= 11 is 0. The van der Waals surface area contributed by atoms with Gasteiger partial charge in [0.2, 0.25) is 0 Å². The lowest BCUT2D eigenvalue weighted by Gasteiger charge is -2.39. The van der Waals surface area contributed by atoms with E-state index in [0.29, 0.717) is 19.8 Å². The van der Waals surface area contributed by atoms with Crippen LogP contribution in [0.2, 0.25) is 0 Å². The number of nitrogens with zero attached hydrogens (tertiary/aromatic N) is 3. The third-order valence-corrected chi connectivity index (χ3v) is 8.43. The molecule has 0 aliphatic carbocycles. The Hall–Kier alpha value is -0.0231. The maximum absolute atomic E-state index is 6.01. The highest BCUT2D eigenvalue weighted by Gasteiger charge is 2.42.